The number of nitrogens with one attached hydrogen (secondary N) is 3. The molecule has 0 unspecified atom stereocenters. The lowest BCUT2D eigenvalue weighted by atomic mass is 10.2. The van der Waals surface area contributed by atoms with Crippen LogP contribution in [0.2, 0.25) is 5.02 Å². The lowest BCUT2D eigenvalue weighted by Crippen LogP contribution is -2.19. The van der Waals surface area contributed by atoms with Gasteiger partial charge in [0.15, 0.2) is 0 Å². The first-order valence-electron chi connectivity index (χ1n) is 7.90. The van der Waals surface area contributed by atoms with Gasteiger partial charge in [-0.1, -0.05) is 41.9 Å². The third-order valence-electron chi connectivity index (χ3n) is 3.50. The van der Waals surface area contributed by atoms with Gasteiger partial charge in [0, 0.05) is 27.6 Å². The highest BCUT2D eigenvalue weighted by molar-refractivity contribution is 6.31. The fraction of sp³-hybridized carbons (Fsp3) is 0. The number of amides is 3. The second-order valence-electron chi connectivity index (χ2n) is 5.49. The Morgan fingerprint density at radius 1 is 0.654 bits per heavy atom. The molecule has 130 valence electrons. The van der Waals surface area contributed by atoms with E-state index < -0.39 is 0 Å². The van der Waals surface area contributed by atoms with Crippen LogP contribution in [0, 0.1) is 0 Å². The Hall–Kier alpha value is -3.31. The van der Waals surface area contributed by atoms with Crippen LogP contribution in [0.25, 0.3) is 0 Å². The fourth-order valence-corrected chi connectivity index (χ4v) is 2.51. The molecule has 3 aromatic carbocycles. The zero-order chi connectivity index (χ0) is 18.4. The number of carbonyl (C=O) groups is 2. The fourth-order valence-electron chi connectivity index (χ4n) is 2.32. The zero-order valence-electron chi connectivity index (χ0n) is 13.7. The molecule has 0 aliphatic carbocycles. The van der Waals surface area contributed by atoms with E-state index in [1.807, 2.05) is 18.2 Å². The summed E-state index contributed by atoms with van der Waals surface area (Å²) in [5.74, 6) is -0.279. The van der Waals surface area contributed by atoms with Crippen molar-refractivity contribution in [3.8, 4) is 0 Å². The molecule has 0 spiro atoms. The smallest absolute Gasteiger partial charge is 0.322 e. The van der Waals surface area contributed by atoms with Crippen molar-refractivity contribution in [2.24, 2.45) is 0 Å². The first-order chi connectivity index (χ1) is 12.6. The number of benzene rings is 3. The molecule has 3 aromatic rings. The Morgan fingerprint density at radius 3 is 2.00 bits per heavy atom. The number of urea groups is 1. The maximum Gasteiger partial charge on any atom is 0.323 e. The molecule has 0 saturated heterocycles. The van der Waals surface area contributed by atoms with E-state index in [2.05, 4.69) is 16.0 Å². The maximum atomic E-state index is 12.3. The van der Waals surface area contributed by atoms with Gasteiger partial charge in [-0.3, -0.25) is 4.79 Å². The summed E-state index contributed by atoms with van der Waals surface area (Å²) in [6.45, 7) is 0. The van der Waals surface area contributed by atoms with Crippen LogP contribution in [0.5, 0.6) is 0 Å². The van der Waals surface area contributed by atoms with Crippen molar-refractivity contribution in [3.63, 3.8) is 0 Å². The van der Waals surface area contributed by atoms with E-state index in [4.69, 9.17) is 11.6 Å². The Kier molecular flexibility index (Phi) is 5.51. The van der Waals surface area contributed by atoms with Crippen molar-refractivity contribution in [1.29, 1.82) is 0 Å². The Balaban J connectivity index is 1.64. The molecule has 0 radical (unpaired) electrons. The quantitative estimate of drug-likeness (QED) is 0.592. The Bertz CT molecular complexity index is 929. The average molecular weight is 366 g/mol. The summed E-state index contributed by atoms with van der Waals surface area (Å²) >= 11 is 5.91. The van der Waals surface area contributed by atoms with E-state index in [0.717, 1.165) is 0 Å². The second kappa shape index (κ2) is 8.18. The molecule has 0 heterocycles. The molecule has 3 amide bonds. The molecule has 0 aliphatic heterocycles. The van der Waals surface area contributed by atoms with Gasteiger partial charge in [-0.25, -0.2) is 4.79 Å². The van der Waals surface area contributed by atoms with Gasteiger partial charge in [0.1, 0.15) is 0 Å². The minimum atomic E-state index is -0.366. The van der Waals surface area contributed by atoms with Gasteiger partial charge in [0.25, 0.3) is 5.91 Å². The highest BCUT2D eigenvalue weighted by atomic mass is 35.5. The monoisotopic (exact) mass is 365 g/mol. The molecular formula is C20H16ClN3O2. The second-order valence-corrected chi connectivity index (χ2v) is 5.93. The van der Waals surface area contributed by atoms with Crippen molar-refractivity contribution in [1.82, 2.24) is 0 Å². The molecule has 0 aliphatic rings. The van der Waals surface area contributed by atoms with Crippen LogP contribution in [-0.4, -0.2) is 11.9 Å². The van der Waals surface area contributed by atoms with Crippen molar-refractivity contribution >= 4 is 40.6 Å². The minimum absolute atomic E-state index is 0.279. The summed E-state index contributed by atoms with van der Waals surface area (Å²) in [5, 5.41) is 8.73. The summed E-state index contributed by atoms with van der Waals surface area (Å²) < 4.78 is 0. The van der Waals surface area contributed by atoms with E-state index in [0.29, 0.717) is 27.6 Å². The standard InChI is InChI=1S/C20H16ClN3O2/c21-15-7-4-6-14(12-15)19(25)22-17-10-5-11-18(13-17)24-20(26)23-16-8-2-1-3-9-16/h1-13H,(H,22,25)(H2,23,24,26). The highest BCUT2D eigenvalue weighted by Gasteiger charge is 2.08. The average Bonchev–Trinajstić information content (AvgIpc) is 2.62. The van der Waals surface area contributed by atoms with E-state index in [9.17, 15) is 9.59 Å². The third-order valence-corrected chi connectivity index (χ3v) is 3.73. The van der Waals surface area contributed by atoms with Crippen LogP contribution in [-0.2, 0) is 0 Å². The van der Waals surface area contributed by atoms with Crippen LogP contribution in [0.3, 0.4) is 0 Å². The molecule has 0 bridgehead atoms. The summed E-state index contributed by atoms with van der Waals surface area (Å²) in [6.07, 6.45) is 0. The molecule has 0 atom stereocenters. The lowest BCUT2D eigenvalue weighted by Gasteiger charge is -2.10. The molecule has 0 saturated carbocycles. The number of hydrogen-bond donors (Lipinski definition) is 3. The number of anilines is 3. The van der Waals surface area contributed by atoms with E-state index in [1.54, 1.807) is 60.7 Å². The third kappa shape index (κ3) is 4.84. The van der Waals surface area contributed by atoms with Gasteiger partial charge in [-0.2, -0.15) is 0 Å². The predicted octanol–water partition coefficient (Wildman–Crippen LogP) is 5.24. The number of hydrogen-bond acceptors (Lipinski definition) is 2. The SMILES string of the molecule is O=C(Nc1ccccc1)Nc1cccc(NC(=O)c2cccc(Cl)c2)c1. The van der Waals surface area contributed by atoms with Crippen LogP contribution >= 0.6 is 11.6 Å². The lowest BCUT2D eigenvalue weighted by molar-refractivity contribution is 0.102. The van der Waals surface area contributed by atoms with E-state index in [-0.39, 0.29) is 11.9 Å². The maximum absolute atomic E-state index is 12.3. The van der Waals surface area contributed by atoms with Gasteiger partial charge in [-0.15, -0.1) is 0 Å². The van der Waals surface area contributed by atoms with Crippen LogP contribution in [0.1, 0.15) is 10.4 Å². The zero-order valence-corrected chi connectivity index (χ0v) is 14.5. The van der Waals surface area contributed by atoms with Gasteiger partial charge in [0.05, 0.1) is 0 Å². The topological polar surface area (TPSA) is 70.2 Å². The molecule has 6 heteroatoms. The van der Waals surface area contributed by atoms with Gasteiger partial charge < -0.3 is 16.0 Å². The predicted molar refractivity (Wildman–Crippen MR) is 105 cm³/mol. The van der Waals surface area contributed by atoms with Crippen LogP contribution in [0.4, 0.5) is 21.9 Å². The van der Waals surface area contributed by atoms with Crippen LogP contribution < -0.4 is 16.0 Å². The number of para-hydroxylation sites is 1. The van der Waals surface area contributed by atoms with Crippen molar-refractivity contribution in [3.05, 3.63) is 89.4 Å². The molecular weight excluding hydrogens is 350 g/mol. The molecule has 3 N–H and O–H groups in total. The van der Waals surface area contributed by atoms with Crippen molar-refractivity contribution in [2.45, 2.75) is 0 Å². The Morgan fingerprint density at radius 2 is 1.27 bits per heavy atom. The molecule has 5 nitrogen and oxygen atoms in total. The summed E-state index contributed by atoms with van der Waals surface area (Å²) in [4.78, 5) is 24.3. The normalized spacial score (nSPS) is 10.0. The molecule has 26 heavy (non-hydrogen) atoms. The number of rotatable bonds is 4. The molecule has 0 fully saturated rings. The van der Waals surface area contributed by atoms with Gasteiger partial charge in [0.2, 0.25) is 0 Å². The van der Waals surface area contributed by atoms with Gasteiger partial charge >= 0.3 is 6.03 Å². The molecule has 0 aromatic heterocycles. The summed E-state index contributed by atoms with van der Waals surface area (Å²) in [7, 11) is 0. The number of carbonyl (C=O) groups excluding carboxylic acids is 2. The van der Waals surface area contributed by atoms with Crippen LogP contribution in [0.15, 0.2) is 78.9 Å². The first-order valence-corrected chi connectivity index (χ1v) is 8.28. The minimum Gasteiger partial charge on any atom is -0.322 e. The van der Waals surface area contributed by atoms with Gasteiger partial charge in [-0.05, 0) is 48.5 Å². The van der Waals surface area contributed by atoms with E-state index >= 15 is 0 Å². The highest BCUT2D eigenvalue weighted by Crippen LogP contribution is 2.18. The first kappa shape index (κ1) is 17.5. The Labute approximate surface area is 156 Å². The van der Waals surface area contributed by atoms with Crippen molar-refractivity contribution < 1.29 is 9.59 Å². The summed E-state index contributed by atoms with van der Waals surface area (Å²) in [5.41, 5.74) is 2.27. The number of halogens is 1. The van der Waals surface area contributed by atoms with Crippen molar-refractivity contribution in [2.75, 3.05) is 16.0 Å². The van der Waals surface area contributed by atoms with E-state index in [1.165, 1.54) is 0 Å². The summed E-state index contributed by atoms with van der Waals surface area (Å²) in [6, 6.07) is 22.3. The molecule has 3 rings (SSSR count). The largest absolute Gasteiger partial charge is 0.323 e.